The molecule has 0 fully saturated rings. The molecule has 0 heterocycles. The Hall–Kier alpha value is 0.793. The molecule has 0 aliphatic carbocycles. The molecule has 0 N–H and O–H groups in total. The summed E-state index contributed by atoms with van der Waals surface area (Å²) < 4.78 is 4.83. The average Bonchev–Trinajstić information content (AvgIpc) is 2.13. The number of rotatable bonds is 8. The van der Waals surface area contributed by atoms with Gasteiger partial charge >= 0.3 is 5.97 Å². The quantitative estimate of drug-likeness (QED) is 0.312. The molecule has 1 unspecified atom stereocenters. The third-order valence-electron chi connectivity index (χ3n) is 1.94. The van der Waals surface area contributed by atoms with Crippen LogP contribution in [0.5, 0.6) is 0 Å². The summed E-state index contributed by atoms with van der Waals surface area (Å²) in [4.78, 5) is 11.0. The molecule has 0 rings (SSSR count). The van der Waals surface area contributed by atoms with Crippen molar-refractivity contribution in [1.82, 2.24) is 0 Å². The zero-order valence-corrected chi connectivity index (χ0v) is 14.2. The van der Waals surface area contributed by atoms with Crippen molar-refractivity contribution in [2.45, 2.75) is 44.3 Å². The second kappa shape index (κ2) is 12.9. The van der Waals surface area contributed by atoms with Gasteiger partial charge in [-0.15, -0.1) is 0 Å². The first-order chi connectivity index (χ1) is 6.70. The summed E-state index contributed by atoms with van der Waals surface area (Å²) in [7, 11) is 0. The van der Waals surface area contributed by atoms with Gasteiger partial charge in [0.2, 0.25) is 0 Å². The second-order valence-electron chi connectivity index (χ2n) is 3.22. The minimum atomic E-state index is -0.0857. The zero-order valence-electron chi connectivity index (χ0n) is 9.45. The van der Waals surface area contributed by atoms with Crippen molar-refractivity contribution in [3.63, 3.8) is 0 Å². The Morgan fingerprint density at radius 2 is 2.00 bits per heavy atom. The summed E-state index contributed by atoms with van der Waals surface area (Å²) >= 11 is 8.55. The van der Waals surface area contributed by atoms with Gasteiger partial charge in [0.25, 0.3) is 0 Å². The Labute approximate surface area is 116 Å². The summed E-state index contributed by atoms with van der Waals surface area (Å²) in [6, 6.07) is 0. The van der Waals surface area contributed by atoms with Gasteiger partial charge in [-0.3, -0.25) is 4.79 Å². The van der Waals surface area contributed by atoms with Gasteiger partial charge in [0, 0.05) is 31.1 Å². The van der Waals surface area contributed by atoms with Crippen LogP contribution in [0.2, 0.25) is 0 Å². The van der Waals surface area contributed by atoms with Crippen LogP contribution < -0.4 is 0 Å². The molecule has 0 aromatic heterocycles. The molecule has 2 nitrogen and oxygen atoms in total. The van der Waals surface area contributed by atoms with E-state index >= 15 is 0 Å². The smallest absolute Gasteiger partial charge is 0.305 e. The van der Waals surface area contributed by atoms with E-state index in [9.17, 15) is 4.79 Å². The molecule has 1 atom stereocenters. The fourth-order valence-corrected chi connectivity index (χ4v) is 2.00. The van der Waals surface area contributed by atoms with Gasteiger partial charge in [-0.05, 0) is 31.9 Å². The molecule has 0 spiro atoms. The van der Waals surface area contributed by atoms with E-state index in [1.165, 1.54) is 0 Å². The Morgan fingerprint density at radius 3 is 2.53 bits per heavy atom. The predicted octanol–water partition coefficient (Wildman–Crippen LogP) is 2.73. The van der Waals surface area contributed by atoms with Crippen LogP contribution in [0.1, 0.15) is 39.0 Å². The first-order valence-corrected chi connectivity index (χ1v) is 6.30. The van der Waals surface area contributed by atoms with Gasteiger partial charge in [-0.25, -0.2) is 0 Å². The summed E-state index contributed by atoms with van der Waals surface area (Å²) in [6.07, 6.45) is 4.58. The number of unbranched alkanes of at least 4 members (excludes halogenated alkanes) is 1. The Bertz CT molecular complexity index is 156. The van der Waals surface area contributed by atoms with Crippen molar-refractivity contribution >= 4 is 31.2 Å². The van der Waals surface area contributed by atoms with Crippen LogP contribution in [0.3, 0.4) is 0 Å². The number of thiol groups is 2. The molecule has 0 amide bonds. The topological polar surface area (TPSA) is 26.3 Å². The third kappa shape index (κ3) is 12.7. The van der Waals surface area contributed by atoms with Gasteiger partial charge in [-0.2, -0.15) is 25.3 Å². The van der Waals surface area contributed by atoms with Crippen molar-refractivity contribution in [1.29, 1.82) is 0 Å². The molecule has 0 aliphatic rings. The maximum absolute atomic E-state index is 11.0. The average molecular weight is 302 g/mol. The maximum atomic E-state index is 11.0. The van der Waals surface area contributed by atoms with Crippen LogP contribution >= 0.6 is 25.3 Å². The molecule has 0 aromatic carbocycles. The molecule has 5 heteroatoms. The van der Waals surface area contributed by atoms with E-state index in [4.69, 9.17) is 4.74 Å². The van der Waals surface area contributed by atoms with Crippen molar-refractivity contribution in [3.8, 4) is 0 Å². The molecule has 0 aromatic rings. The first-order valence-electron chi connectivity index (χ1n) is 5.15. The zero-order chi connectivity index (χ0) is 10.8. The van der Waals surface area contributed by atoms with Gasteiger partial charge in [0.05, 0.1) is 6.61 Å². The Kier molecular flexibility index (Phi) is 15.6. The monoisotopic (exact) mass is 300 g/mol. The normalized spacial score (nSPS) is 11.7. The van der Waals surface area contributed by atoms with Crippen LogP contribution in [0.15, 0.2) is 0 Å². The van der Waals surface area contributed by atoms with Crippen LogP contribution in [0.4, 0.5) is 0 Å². The van der Waals surface area contributed by atoms with Gasteiger partial charge in [0.1, 0.15) is 0 Å². The molecule has 0 saturated heterocycles. The number of esters is 1. The first kappa shape index (κ1) is 18.2. The van der Waals surface area contributed by atoms with E-state index in [0.717, 1.165) is 31.4 Å². The second-order valence-corrected chi connectivity index (χ2v) is 4.39. The van der Waals surface area contributed by atoms with Gasteiger partial charge in [0.15, 0.2) is 0 Å². The molecular weight excluding hydrogens is 282 g/mol. The van der Waals surface area contributed by atoms with Crippen molar-refractivity contribution in [3.05, 3.63) is 0 Å². The van der Waals surface area contributed by atoms with E-state index in [1.54, 1.807) is 0 Å². The van der Waals surface area contributed by atoms with Gasteiger partial charge in [-0.1, -0.05) is 6.42 Å². The minimum absolute atomic E-state index is 0. The SMILES string of the molecule is CCOC(=O)CCCCC(S)CCS.[Zn]. The van der Waals surface area contributed by atoms with Crippen molar-refractivity contribution in [2.24, 2.45) is 0 Å². The van der Waals surface area contributed by atoms with Crippen LogP contribution in [-0.2, 0) is 29.0 Å². The summed E-state index contributed by atoms with van der Waals surface area (Å²) in [5.41, 5.74) is 0. The molecular formula is C10H20O2S2Zn. The third-order valence-corrected chi connectivity index (χ3v) is 2.71. The van der Waals surface area contributed by atoms with Crippen LogP contribution in [0.25, 0.3) is 0 Å². The van der Waals surface area contributed by atoms with E-state index in [2.05, 4.69) is 25.3 Å². The summed E-state index contributed by atoms with van der Waals surface area (Å²) in [5.74, 6) is 0.795. The molecule has 0 bridgehead atoms. The van der Waals surface area contributed by atoms with E-state index < -0.39 is 0 Å². The van der Waals surface area contributed by atoms with E-state index in [1.807, 2.05) is 6.92 Å². The molecule has 86 valence electrons. The van der Waals surface area contributed by atoms with E-state index in [0.29, 0.717) is 18.3 Å². The van der Waals surface area contributed by atoms with Gasteiger partial charge < -0.3 is 4.74 Å². The maximum Gasteiger partial charge on any atom is 0.305 e. The van der Waals surface area contributed by atoms with Crippen LogP contribution in [-0.4, -0.2) is 23.6 Å². The number of carbonyl (C=O) groups is 1. The van der Waals surface area contributed by atoms with Crippen LogP contribution in [0, 0.1) is 0 Å². The summed E-state index contributed by atoms with van der Waals surface area (Å²) in [5, 5.41) is 0.426. The minimum Gasteiger partial charge on any atom is -0.466 e. The Morgan fingerprint density at radius 1 is 1.33 bits per heavy atom. The van der Waals surface area contributed by atoms with Crippen molar-refractivity contribution in [2.75, 3.05) is 12.4 Å². The summed E-state index contributed by atoms with van der Waals surface area (Å²) in [6.45, 7) is 2.31. The molecule has 15 heavy (non-hydrogen) atoms. The number of carbonyl (C=O) groups excluding carboxylic acids is 1. The standard InChI is InChI=1S/C10H20O2S2.Zn/c1-2-12-10(11)6-4-3-5-9(14)7-8-13;/h9,13-14H,2-8H2,1H3;. The number of hydrogen-bond acceptors (Lipinski definition) is 4. The fraction of sp³-hybridized carbons (Fsp3) is 0.900. The van der Waals surface area contributed by atoms with Crippen molar-refractivity contribution < 1.29 is 29.0 Å². The predicted molar refractivity (Wildman–Crippen MR) is 66.3 cm³/mol. The molecule has 0 aliphatic heterocycles. The fourth-order valence-electron chi connectivity index (χ4n) is 1.18. The molecule has 0 saturated carbocycles. The molecule has 0 radical (unpaired) electrons. The largest absolute Gasteiger partial charge is 0.466 e. The Balaban J connectivity index is 0. The number of ether oxygens (including phenoxy) is 1. The van der Waals surface area contributed by atoms with E-state index in [-0.39, 0.29) is 25.4 Å². The number of hydrogen-bond donors (Lipinski definition) is 2.